The monoisotopic (exact) mass is 434 g/mol. The van der Waals surface area contributed by atoms with Crippen LogP contribution in [0, 0.1) is 5.82 Å². The number of thiocarbonyl (C=S) groups is 1. The van der Waals surface area contributed by atoms with Gasteiger partial charge in [0.2, 0.25) is 0 Å². The highest BCUT2D eigenvalue weighted by atomic mass is 79.9. The number of hydrogen-bond donors (Lipinski definition) is 2. The van der Waals surface area contributed by atoms with Crippen molar-refractivity contribution < 1.29 is 9.13 Å². The number of aromatic nitrogens is 2. The van der Waals surface area contributed by atoms with E-state index < -0.39 is 0 Å². The maximum atomic E-state index is 13.8. The van der Waals surface area contributed by atoms with Gasteiger partial charge in [-0.05, 0) is 46.3 Å². The third kappa shape index (κ3) is 4.59. The summed E-state index contributed by atoms with van der Waals surface area (Å²) in [6, 6.07) is 14.0. The second-order valence-electron chi connectivity index (χ2n) is 5.43. The number of rotatable bonds is 5. The number of anilines is 2. The van der Waals surface area contributed by atoms with Crippen LogP contribution >= 0.6 is 28.1 Å². The number of nitrogens with zero attached hydrogens (tertiary/aromatic N) is 2. The molecule has 0 unspecified atom stereocenters. The van der Waals surface area contributed by atoms with Crippen LogP contribution in [0.2, 0.25) is 0 Å². The van der Waals surface area contributed by atoms with Crippen LogP contribution in [0.4, 0.5) is 15.9 Å². The van der Waals surface area contributed by atoms with Crippen LogP contribution in [0.3, 0.4) is 0 Å². The summed E-state index contributed by atoms with van der Waals surface area (Å²) in [5.41, 5.74) is 1.36. The minimum absolute atomic E-state index is 0.260. The molecule has 0 aliphatic rings. The molecule has 0 spiro atoms. The fourth-order valence-electron chi connectivity index (χ4n) is 2.33. The molecule has 1 aromatic heterocycles. The lowest BCUT2D eigenvalue weighted by molar-refractivity contribution is 0.415. The van der Waals surface area contributed by atoms with Crippen molar-refractivity contribution in [3.05, 3.63) is 70.6 Å². The van der Waals surface area contributed by atoms with Crippen molar-refractivity contribution in [2.75, 3.05) is 17.7 Å². The normalized spacial score (nSPS) is 10.4. The number of ether oxygens (including phenoxy) is 1. The van der Waals surface area contributed by atoms with Crippen LogP contribution < -0.4 is 15.4 Å². The minimum atomic E-state index is -0.260. The topological polar surface area (TPSA) is 51.1 Å². The second kappa shape index (κ2) is 8.29. The molecule has 0 fully saturated rings. The molecule has 0 aliphatic heterocycles. The molecule has 2 N–H and O–H groups in total. The number of nitrogens with one attached hydrogen (secondary N) is 2. The molecule has 2 aromatic carbocycles. The highest BCUT2D eigenvalue weighted by Gasteiger charge is 2.10. The predicted octanol–water partition coefficient (Wildman–Crippen LogP) is 4.65. The Labute approximate surface area is 164 Å². The largest absolute Gasteiger partial charge is 0.497 e. The molecule has 0 amide bonds. The summed E-state index contributed by atoms with van der Waals surface area (Å²) in [6.07, 6.45) is 1.77. The molecule has 0 radical (unpaired) electrons. The van der Waals surface area contributed by atoms with Crippen molar-refractivity contribution >= 4 is 44.8 Å². The van der Waals surface area contributed by atoms with Gasteiger partial charge >= 0.3 is 0 Å². The fraction of sp³-hybridized carbons (Fsp3) is 0.111. The number of methoxy groups -OCH3 is 1. The predicted molar refractivity (Wildman–Crippen MR) is 108 cm³/mol. The van der Waals surface area contributed by atoms with Crippen LogP contribution in [0.5, 0.6) is 5.75 Å². The van der Waals surface area contributed by atoms with E-state index in [1.165, 1.54) is 6.07 Å². The Morgan fingerprint density at radius 1 is 1.23 bits per heavy atom. The van der Waals surface area contributed by atoms with E-state index in [4.69, 9.17) is 17.0 Å². The van der Waals surface area contributed by atoms with Crippen LogP contribution in [0.1, 0.15) is 5.56 Å². The number of benzene rings is 2. The van der Waals surface area contributed by atoms with Crippen molar-refractivity contribution in [3.8, 4) is 5.75 Å². The number of hydrogen-bond acceptors (Lipinski definition) is 3. The highest BCUT2D eigenvalue weighted by Crippen LogP contribution is 2.22. The van der Waals surface area contributed by atoms with Gasteiger partial charge in [-0.3, -0.25) is 4.68 Å². The average Bonchev–Trinajstić information content (AvgIpc) is 2.96. The van der Waals surface area contributed by atoms with Gasteiger partial charge in [0.05, 0.1) is 18.1 Å². The first-order chi connectivity index (χ1) is 12.5. The summed E-state index contributed by atoms with van der Waals surface area (Å²) in [5.74, 6) is 1.01. The molecular weight excluding hydrogens is 419 g/mol. The van der Waals surface area contributed by atoms with Crippen molar-refractivity contribution in [1.29, 1.82) is 0 Å². The first-order valence-electron chi connectivity index (χ1n) is 7.73. The van der Waals surface area contributed by atoms with E-state index in [2.05, 4.69) is 31.7 Å². The van der Waals surface area contributed by atoms with E-state index in [1.807, 2.05) is 24.3 Å². The van der Waals surface area contributed by atoms with E-state index in [0.717, 1.165) is 15.9 Å². The van der Waals surface area contributed by atoms with Gasteiger partial charge in [-0.2, -0.15) is 5.10 Å². The van der Waals surface area contributed by atoms with Crippen LogP contribution in [-0.2, 0) is 6.54 Å². The summed E-state index contributed by atoms with van der Waals surface area (Å²) in [4.78, 5) is 0. The van der Waals surface area contributed by atoms with Gasteiger partial charge < -0.3 is 15.4 Å². The molecule has 26 heavy (non-hydrogen) atoms. The lowest BCUT2D eigenvalue weighted by atomic mass is 10.2. The first-order valence-corrected chi connectivity index (χ1v) is 8.93. The van der Waals surface area contributed by atoms with E-state index in [1.54, 1.807) is 36.2 Å². The van der Waals surface area contributed by atoms with Crippen LogP contribution in [-0.4, -0.2) is 22.0 Å². The molecule has 0 aliphatic carbocycles. The van der Waals surface area contributed by atoms with Gasteiger partial charge in [-0.15, -0.1) is 0 Å². The molecule has 3 rings (SSSR count). The SMILES string of the molecule is COc1cccc(NC(=S)Nc2nn(Cc3ccccc3F)cc2Br)c1. The van der Waals surface area contributed by atoms with Crippen molar-refractivity contribution in [2.45, 2.75) is 6.54 Å². The standard InChI is InChI=1S/C18H16BrFN4OS/c1-25-14-7-4-6-13(9-14)21-18(26)22-17-15(19)11-24(23-17)10-12-5-2-3-8-16(12)20/h2-9,11H,10H2,1H3,(H2,21,22,23,26). The molecule has 5 nitrogen and oxygen atoms in total. The van der Waals surface area contributed by atoms with Gasteiger partial charge in [-0.1, -0.05) is 24.3 Å². The molecule has 0 bridgehead atoms. The zero-order valence-corrected chi connectivity index (χ0v) is 16.3. The maximum Gasteiger partial charge on any atom is 0.176 e. The Kier molecular flexibility index (Phi) is 5.85. The van der Waals surface area contributed by atoms with Gasteiger partial charge in [0, 0.05) is 23.5 Å². The molecule has 0 saturated heterocycles. The molecule has 8 heteroatoms. The Hall–Kier alpha value is -2.45. The average molecular weight is 435 g/mol. The molecule has 3 aromatic rings. The lowest BCUT2D eigenvalue weighted by Crippen LogP contribution is -2.19. The number of halogens is 2. The van der Waals surface area contributed by atoms with E-state index in [-0.39, 0.29) is 5.82 Å². The Morgan fingerprint density at radius 2 is 2.04 bits per heavy atom. The van der Waals surface area contributed by atoms with Crippen molar-refractivity contribution in [1.82, 2.24) is 9.78 Å². The Balaban J connectivity index is 1.67. The Bertz CT molecular complexity index is 931. The summed E-state index contributed by atoms with van der Waals surface area (Å²) < 4.78 is 21.3. The van der Waals surface area contributed by atoms with Gasteiger partial charge in [0.25, 0.3) is 0 Å². The zero-order chi connectivity index (χ0) is 18.5. The van der Waals surface area contributed by atoms with Crippen molar-refractivity contribution in [3.63, 3.8) is 0 Å². The quantitative estimate of drug-likeness (QED) is 0.572. The minimum Gasteiger partial charge on any atom is -0.497 e. The third-order valence-corrected chi connectivity index (χ3v) is 4.35. The van der Waals surface area contributed by atoms with Crippen LogP contribution in [0.15, 0.2) is 59.2 Å². The summed E-state index contributed by atoms with van der Waals surface area (Å²) in [7, 11) is 1.61. The molecule has 134 valence electrons. The van der Waals surface area contributed by atoms with Gasteiger partial charge in [0.15, 0.2) is 10.9 Å². The molecular formula is C18H16BrFN4OS. The summed E-state index contributed by atoms with van der Waals surface area (Å²) >= 11 is 8.76. The smallest absolute Gasteiger partial charge is 0.176 e. The zero-order valence-electron chi connectivity index (χ0n) is 13.9. The van der Waals surface area contributed by atoms with Crippen molar-refractivity contribution in [2.24, 2.45) is 0 Å². The third-order valence-electron chi connectivity index (χ3n) is 3.57. The Morgan fingerprint density at radius 3 is 2.81 bits per heavy atom. The maximum absolute atomic E-state index is 13.8. The summed E-state index contributed by atoms with van der Waals surface area (Å²) in [6.45, 7) is 0.322. The van der Waals surface area contributed by atoms with Crippen LogP contribution in [0.25, 0.3) is 0 Å². The second-order valence-corrected chi connectivity index (χ2v) is 6.69. The molecule has 0 atom stereocenters. The van der Waals surface area contributed by atoms with E-state index in [9.17, 15) is 4.39 Å². The molecule has 0 saturated carbocycles. The summed E-state index contributed by atoms with van der Waals surface area (Å²) in [5, 5.41) is 10.9. The lowest BCUT2D eigenvalue weighted by Gasteiger charge is -2.10. The highest BCUT2D eigenvalue weighted by molar-refractivity contribution is 9.10. The van der Waals surface area contributed by atoms with E-state index in [0.29, 0.717) is 23.0 Å². The molecule has 1 heterocycles. The first kappa shape index (κ1) is 18.3. The fourth-order valence-corrected chi connectivity index (χ4v) is 2.96. The van der Waals surface area contributed by atoms with Gasteiger partial charge in [-0.25, -0.2) is 4.39 Å². The van der Waals surface area contributed by atoms with Gasteiger partial charge in [0.1, 0.15) is 11.6 Å². The van der Waals surface area contributed by atoms with E-state index >= 15 is 0 Å².